The highest BCUT2D eigenvalue weighted by Crippen LogP contribution is 2.18. The average molecular weight is 227 g/mol. The predicted molar refractivity (Wildman–Crippen MR) is 61.2 cm³/mol. The first-order valence-corrected chi connectivity index (χ1v) is 5.02. The van der Waals surface area contributed by atoms with E-state index in [9.17, 15) is 4.79 Å². The fraction of sp³-hybridized carbons (Fsp3) is 0.600. The first-order valence-electron chi connectivity index (χ1n) is 5.02. The molecule has 0 unspecified atom stereocenters. The van der Waals surface area contributed by atoms with Gasteiger partial charge in [0.2, 0.25) is 5.75 Å². The van der Waals surface area contributed by atoms with Crippen LogP contribution in [0.4, 0.5) is 5.82 Å². The monoisotopic (exact) mass is 227 g/mol. The van der Waals surface area contributed by atoms with Crippen molar-refractivity contribution in [1.29, 1.82) is 0 Å². The third-order valence-corrected chi connectivity index (χ3v) is 2.20. The summed E-state index contributed by atoms with van der Waals surface area (Å²) in [6.45, 7) is 1.43. The standard InChI is InChI=1S/C10H17N3O3/c1-13(5-4-6-15-2)9-8(16-3)10(14)12-7-11-9/h7H,4-6H2,1-3H3,(H,11,12,14). The molecule has 0 saturated heterocycles. The van der Waals surface area contributed by atoms with Gasteiger partial charge in [-0.2, -0.15) is 0 Å². The van der Waals surface area contributed by atoms with E-state index in [4.69, 9.17) is 9.47 Å². The Balaban J connectivity index is 2.78. The maximum Gasteiger partial charge on any atom is 0.295 e. The van der Waals surface area contributed by atoms with Gasteiger partial charge in [-0.15, -0.1) is 0 Å². The molecule has 0 saturated carbocycles. The summed E-state index contributed by atoms with van der Waals surface area (Å²) in [5.74, 6) is 0.782. The molecular weight excluding hydrogens is 210 g/mol. The molecule has 6 nitrogen and oxygen atoms in total. The maximum absolute atomic E-state index is 11.4. The fourth-order valence-electron chi connectivity index (χ4n) is 1.39. The van der Waals surface area contributed by atoms with Crippen LogP contribution in [0.1, 0.15) is 6.42 Å². The molecule has 16 heavy (non-hydrogen) atoms. The molecule has 6 heteroatoms. The van der Waals surface area contributed by atoms with Crippen LogP contribution in [-0.2, 0) is 4.74 Å². The van der Waals surface area contributed by atoms with Crippen molar-refractivity contribution in [3.05, 3.63) is 16.7 Å². The van der Waals surface area contributed by atoms with E-state index in [1.54, 1.807) is 7.11 Å². The predicted octanol–water partition coefficient (Wildman–Crippen LogP) is 0.251. The Labute approximate surface area is 94.2 Å². The smallest absolute Gasteiger partial charge is 0.295 e. The Morgan fingerprint density at radius 2 is 2.25 bits per heavy atom. The summed E-state index contributed by atoms with van der Waals surface area (Å²) in [5.41, 5.74) is -0.272. The van der Waals surface area contributed by atoms with E-state index in [0.29, 0.717) is 12.4 Å². The summed E-state index contributed by atoms with van der Waals surface area (Å²) >= 11 is 0. The average Bonchev–Trinajstić information content (AvgIpc) is 2.29. The first-order chi connectivity index (χ1) is 7.70. The van der Waals surface area contributed by atoms with Crippen molar-refractivity contribution >= 4 is 5.82 Å². The van der Waals surface area contributed by atoms with Gasteiger partial charge in [-0.25, -0.2) is 4.98 Å². The number of aromatic amines is 1. The van der Waals surface area contributed by atoms with E-state index in [1.807, 2.05) is 11.9 Å². The normalized spacial score (nSPS) is 10.2. The van der Waals surface area contributed by atoms with Crippen LogP contribution in [0.25, 0.3) is 0 Å². The Morgan fingerprint density at radius 1 is 1.50 bits per heavy atom. The molecule has 1 heterocycles. The van der Waals surface area contributed by atoms with Gasteiger partial charge in [0.15, 0.2) is 5.82 Å². The van der Waals surface area contributed by atoms with Crippen LogP contribution in [-0.4, -0.2) is 44.4 Å². The van der Waals surface area contributed by atoms with Gasteiger partial charge in [0.25, 0.3) is 5.56 Å². The van der Waals surface area contributed by atoms with Crippen LogP contribution < -0.4 is 15.2 Å². The lowest BCUT2D eigenvalue weighted by molar-refractivity contribution is 0.196. The minimum atomic E-state index is -0.272. The van der Waals surface area contributed by atoms with E-state index in [0.717, 1.165) is 13.0 Å². The molecule has 0 aliphatic carbocycles. The second-order valence-electron chi connectivity index (χ2n) is 3.36. The highest BCUT2D eigenvalue weighted by molar-refractivity contribution is 5.49. The quantitative estimate of drug-likeness (QED) is 0.706. The SMILES string of the molecule is COCCCN(C)c1nc[nH]c(=O)c1OC. The second kappa shape index (κ2) is 6.12. The highest BCUT2D eigenvalue weighted by atomic mass is 16.5. The summed E-state index contributed by atoms with van der Waals surface area (Å²) in [6.07, 6.45) is 2.23. The molecule has 0 aliphatic rings. The zero-order valence-corrected chi connectivity index (χ0v) is 9.82. The number of H-pyrrole nitrogens is 1. The largest absolute Gasteiger partial charge is 0.489 e. The van der Waals surface area contributed by atoms with Crippen LogP contribution in [0.3, 0.4) is 0 Å². The molecule has 1 aromatic rings. The van der Waals surface area contributed by atoms with Crippen molar-refractivity contribution < 1.29 is 9.47 Å². The third kappa shape index (κ3) is 2.96. The molecule has 0 fully saturated rings. The molecule has 1 N–H and O–H groups in total. The fourth-order valence-corrected chi connectivity index (χ4v) is 1.39. The van der Waals surface area contributed by atoms with Gasteiger partial charge >= 0.3 is 0 Å². The minimum absolute atomic E-state index is 0.238. The number of aromatic nitrogens is 2. The van der Waals surface area contributed by atoms with Crippen LogP contribution in [0.5, 0.6) is 5.75 Å². The van der Waals surface area contributed by atoms with E-state index < -0.39 is 0 Å². The van der Waals surface area contributed by atoms with Crippen molar-refractivity contribution in [2.24, 2.45) is 0 Å². The first kappa shape index (κ1) is 12.5. The number of anilines is 1. The maximum atomic E-state index is 11.4. The number of hydrogen-bond donors (Lipinski definition) is 1. The third-order valence-electron chi connectivity index (χ3n) is 2.20. The van der Waals surface area contributed by atoms with E-state index >= 15 is 0 Å². The van der Waals surface area contributed by atoms with Gasteiger partial charge in [0.1, 0.15) is 0 Å². The van der Waals surface area contributed by atoms with Crippen LogP contribution in [0, 0.1) is 0 Å². The van der Waals surface area contributed by atoms with Gasteiger partial charge in [-0.1, -0.05) is 0 Å². The van der Waals surface area contributed by atoms with Gasteiger partial charge < -0.3 is 19.4 Å². The molecule has 0 radical (unpaired) electrons. The van der Waals surface area contributed by atoms with Crippen molar-refractivity contribution in [2.45, 2.75) is 6.42 Å². The molecule has 0 bridgehead atoms. The lowest BCUT2D eigenvalue weighted by Gasteiger charge is -2.19. The van der Waals surface area contributed by atoms with E-state index in [1.165, 1.54) is 13.4 Å². The molecule has 0 aromatic carbocycles. The van der Waals surface area contributed by atoms with E-state index in [2.05, 4.69) is 9.97 Å². The van der Waals surface area contributed by atoms with Crippen molar-refractivity contribution in [1.82, 2.24) is 9.97 Å². The second-order valence-corrected chi connectivity index (χ2v) is 3.36. The minimum Gasteiger partial charge on any atom is -0.489 e. The van der Waals surface area contributed by atoms with Crippen molar-refractivity contribution in [2.75, 3.05) is 39.3 Å². The van der Waals surface area contributed by atoms with Gasteiger partial charge in [-0.3, -0.25) is 4.79 Å². The summed E-state index contributed by atoms with van der Waals surface area (Å²) < 4.78 is 9.99. The number of ether oxygens (including phenoxy) is 2. The number of methoxy groups -OCH3 is 2. The summed E-state index contributed by atoms with van der Waals surface area (Å²) in [5, 5.41) is 0. The molecule has 0 spiro atoms. The van der Waals surface area contributed by atoms with Crippen LogP contribution >= 0.6 is 0 Å². The topological polar surface area (TPSA) is 67.5 Å². The molecule has 1 aromatic heterocycles. The Kier molecular flexibility index (Phi) is 4.78. The van der Waals surface area contributed by atoms with Gasteiger partial charge in [0.05, 0.1) is 13.4 Å². The Morgan fingerprint density at radius 3 is 2.88 bits per heavy atom. The van der Waals surface area contributed by atoms with Gasteiger partial charge in [-0.05, 0) is 6.42 Å². The number of rotatable bonds is 6. The molecular formula is C10H17N3O3. The molecule has 0 aliphatic heterocycles. The summed E-state index contributed by atoms with van der Waals surface area (Å²) in [7, 11) is 4.98. The lowest BCUT2D eigenvalue weighted by Crippen LogP contribution is -2.24. The van der Waals surface area contributed by atoms with Crippen molar-refractivity contribution in [3.8, 4) is 5.75 Å². The molecule has 0 atom stereocenters. The highest BCUT2D eigenvalue weighted by Gasteiger charge is 2.12. The van der Waals surface area contributed by atoms with Crippen molar-refractivity contribution in [3.63, 3.8) is 0 Å². The Bertz CT molecular complexity index is 378. The summed E-state index contributed by atoms with van der Waals surface area (Å²) in [6, 6.07) is 0. The number of nitrogens with zero attached hydrogens (tertiary/aromatic N) is 2. The van der Waals surface area contributed by atoms with Crippen LogP contribution in [0.2, 0.25) is 0 Å². The number of hydrogen-bond acceptors (Lipinski definition) is 5. The zero-order valence-electron chi connectivity index (χ0n) is 9.82. The molecule has 0 amide bonds. The van der Waals surface area contributed by atoms with Gasteiger partial charge in [0, 0.05) is 27.3 Å². The summed E-state index contributed by atoms with van der Waals surface area (Å²) in [4.78, 5) is 19.9. The number of nitrogens with one attached hydrogen (secondary N) is 1. The molecule has 90 valence electrons. The zero-order chi connectivity index (χ0) is 12.0. The molecule has 1 rings (SSSR count). The van der Waals surface area contributed by atoms with Crippen LogP contribution in [0.15, 0.2) is 11.1 Å². The van der Waals surface area contributed by atoms with E-state index in [-0.39, 0.29) is 11.3 Å². The lowest BCUT2D eigenvalue weighted by atomic mass is 10.4. The Hall–Kier alpha value is -1.56.